The third-order valence-corrected chi connectivity index (χ3v) is 4.19. The summed E-state index contributed by atoms with van der Waals surface area (Å²) in [6, 6.07) is 13.6. The van der Waals surface area contributed by atoms with Crippen molar-refractivity contribution in [2.24, 2.45) is 4.99 Å². The highest BCUT2D eigenvalue weighted by atomic mass is 127. The van der Waals surface area contributed by atoms with Gasteiger partial charge < -0.3 is 25.2 Å². The summed E-state index contributed by atoms with van der Waals surface area (Å²) >= 11 is 0. The molecule has 0 heterocycles. The summed E-state index contributed by atoms with van der Waals surface area (Å²) < 4.78 is 11.0. The number of rotatable bonds is 9. The maximum absolute atomic E-state index is 10.6. The number of hydrogen-bond acceptors (Lipinski definition) is 4. The van der Waals surface area contributed by atoms with Crippen LogP contribution >= 0.6 is 24.0 Å². The second-order valence-electron chi connectivity index (χ2n) is 7.19. The fourth-order valence-corrected chi connectivity index (χ4v) is 2.92. The number of aliphatic hydroxyl groups excluding tert-OH is 1. The first-order valence-electron chi connectivity index (χ1n) is 10.0. The highest BCUT2D eigenvalue weighted by Gasteiger charge is 2.10. The number of ether oxygens (including phenoxy) is 2. The molecule has 0 spiro atoms. The van der Waals surface area contributed by atoms with Gasteiger partial charge in [-0.1, -0.05) is 18.2 Å². The standard InChI is InChI=1S/C23H33N3O3.HI/c1-6-24-23(25-14-18-10-17(4)11-21(12-18)28-5)26-15-22(27)19-8-7-9-20(13-19)29-16(2)3;/h7-13,16,22,27H,6,14-15H2,1-5H3,(H2,24,25,26);1H. The van der Waals surface area contributed by atoms with Crippen LogP contribution in [0.2, 0.25) is 0 Å². The van der Waals surface area contributed by atoms with E-state index in [1.807, 2.05) is 64.1 Å². The number of nitrogens with one attached hydrogen (secondary N) is 2. The van der Waals surface area contributed by atoms with Crippen molar-refractivity contribution < 1.29 is 14.6 Å². The molecule has 0 aromatic heterocycles. The summed E-state index contributed by atoms with van der Waals surface area (Å²) in [5, 5.41) is 17.0. The predicted molar refractivity (Wildman–Crippen MR) is 133 cm³/mol. The van der Waals surface area contributed by atoms with Crippen LogP contribution in [0.15, 0.2) is 47.5 Å². The number of nitrogens with zero attached hydrogens (tertiary/aromatic N) is 1. The van der Waals surface area contributed by atoms with Gasteiger partial charge in [-0.25, -0.2) is 4.99 Å². The average molecular weight is 527 g/mol. The van der Waals surface area contributed by atoms with Crippen LogP contribution < -0.4 is 20.1 Å². The van der Waals surface area contributed by atoms with Crippen LogP contribution in [0, 0.1) is 6.92 Å². The number of aliphatic hydroxyl groups is 1. The molecule has 0 aliphatic carbocycles. The van der Waals surface area contributed by atoms with Crippen molar-refractivity contribution in [3.8, 4) is 11.5 Å². The first-order chi connectivity index (χ1) is 13.9. The molecule has 30 heavy (non-hydrogen) atoms. The number of aliphatic imine (C=N–C) groups is 1. The molecule has 0 aliphatic heterocycles. The van der Waals surface area contributed by atoms with Gasteiger partial charge in [-0.15, -0.1) is 24.0 Å². The zero-order valence-corrected chi connectivity index (χ0v) is 20.8. The second-order valence-corrected chi connectivity index (χ2v) is 7.19. The minimum atomic E-state index is -0.673. The van der Waals surface area contributed by atoms with E-state index in [0.717, 1.165) is 34.7 Å². The molecular formula is C23H34IN3O3. The van der Waals surface area contributed by atoms with Crippen LogP contribution in [-0.2, 0) is 6.54 Å². The van der Waals surface area contributed by atoms with Gasteiger partial charge in [0.15, 0.2) is 5.96 Å². The highest BCUT2D eigenvalue weighted by molar-refractivity contribution is 14.0. The molecule has 2 rings (SSSR count). The lowest BCUT2D eigenvalue weighted by atomic mass is 10.1. The van der Waals surface area contributed by atoms with E-state index in [-0.39, 0.29) is 30.1 Å². The minimum Gasteiger partial charge on any atom is -0.497 e. The zero-order chi connectivity index (χ0) is 21.2. The molecule has 7 heteroatoms. The SMILES string of the molecule is CCNC(=NCc1cc(C)cc(OC)c1)NCC(O)c1cccc(OC(C)C)c1.I. The van der Waals surface area contributed by atoms with E-state index >= 15 is 0 Å². The van der Waals surface area contributed by atoms with E-state index in [4.69, 9.17) is 9.47 Å². The highest BCUT2D eigenvalue weighted by Crippen LogP contribution is 2.20. The Hall–Kier alpha value is -2.00. The molecule has 0 saturated carbocycles. The molecule has 166 valence electrons. The molecule has 0 aliphatic rings. The molecule has 3 N–H and O–H groups in total. The molecule has 0 amide bonds. The lowest BCUT2D eigenvalue weighted by Crippen LogP contribution is -2.39. The van der Waals surface area contributed by atoms with Crippen LogP contribution in [0.25, 0.3) is 0 Å². The normalized spacial score (nSPS) is 12.2. The molecule has 1 atom stereocenters. The molecule has 6 nitrogen and oxygen atoms in total. The van der Waals surface area contributed by atoms with Crippen LogP contribution in [-0.4, -0.2) is 37.4 Å². The molecule has 0 fully saturated rings. The first kappa shape index (κ1) is 26.0. The van der Waals surface area contributed by atoms with Crippen LogP contribution in [0.5, 0.6) is 11.5 Å². The third kappa shape index (κ3) is 8.79. The van der Waals surface area contributed by atoms with E-state index in [2.05, 4.69) is 21.7 Å². The number of hydrogen-bond donors (Lipinski definition) is 3. The summed E-state index contributed by atoms with van der Waals surface area (Å²) in [4.78, 5) is 4.63. The van der Waals surface area contributed by atoms with Gasteiger partial charge in [0.05, 0.1) is 25.9 Å². The summed E-state index contributed by atoms with van der Waals surface area (Å²) in [5.74, 6) is 2.24. The molecule has 0 radical (unpaired) electrons. The van der Waals surface area contributed by atoms with Crippen LogP contribution in [0.1, 0.15) is 43.6 Å². The summed E-state index contributed by atoms with van der Waals surface area (Å²) in [6.07, 6.45) is -0.582. The van der Waals surface area contributed by atoms with Gasteiger partial charge in [-0.2, -0.15) is 0 Å². The number of methoxy groups -OCH3 is 1. The van der Waals surface area contributed by atoms with Gasteiger partial charge in [-0.05, 0) is 68.7 Å². The Morgan fingerprint density at radius 2 is 1.87 bits per heavy atom. The van der Waals surface area contributed by atoms with Crippen LogP contribution in [0.3, 0.4) is 0 Å². The van der Waals surface area contributed by atoms with Gasteiger partial charge in [0.25, 0.3) is 0 Å². The Bertz CT molecular complexity index is 812. The first-order valence-corrected chi connectivity index (χ1v) is 10.0. The topological polar surface area (TPSA) is 75.1 Å². The van der Waals surface area contributed by atoms with Crippen LogP contribution in [0.4, 0.5) is 0 Å². The average Bonchev–Trinajstić information content (AvgIpc) is 2.69. The second kappa shape index (κ2) is 13.3. The lowest BCUT2D eigenvalue weighted by Gasteiger charge is -2.17. The Morgan fingerprint density at radius 3 is 2.53 bits per heavy atom. The molecule has 0 saturated heterocycles. The molecule has 0 bridgehead atoms. The molecule has 2 aromatic rings. The third-order valence-electron chi connectivity index (χ3n) is 4.19. The molecule has 1 unspecified atom stereocenters. The predicted octanol–water partition coefficient (Wildman–Crippen LogP) is 4.20. The number of halogens is 1. The largest absolute Gasteiger partial charge is 0.497 e. The summed E-state index contributed by atoms with van der Waals surface area (Å²) in [7, 11) is 1.66. The van der Waals surface area contributed by atoms with Gasteiger partial charge >= 0.3 is 0 Å². The van der Waals surface area contributed by atoms with Crippen molar-refractivity contribution in [2.45, 2.75) is 46.4 Å². The van der Waals surface area contributed by atoms with Crippen molar-refractivity contribution in [1.82, 2.24) is 10.6 Å². The van der Waals surface area contributed by atoms with Crippen molar-refractivity contribution in [1.29, 1.82) is 0 Å². The Kier molecular flexibility index (Phi) is 11.6. The van der Waals surface area contributed by atoms with E-state index in [0.29, 0.717) is 19.0 Å². The smallest absolute Gasteiger partial charge is 0.191 e. The minimum absolute atomic E-state index is 0. The summed E-state index contributed by atoms with van der Waals surface area (Å²) in [5.41, 5.74) is 3.00. The van der Waals surface area contributed by atoms with Crippen molar-refractivity contribution >= 4 is 29.9 Å². The van der Waals surface area contributed by atoms with Gasteiger partial charge in [0.1, 0.15) is 11.5 Å². The lowest BCUT2D eigenvalue weighted by molar-refractivity contribution is 0.179. The molecule has 2 aromatic carbocycles. The fourth-order valence-electron chi connectivity index (χ4n) is 2.92. The van der Waals surface area contributed by atoms with Gasteiger partial charge in [0.2, 0.25) is 0 Å². The maximum Gasteiger partial charge on any atom is 0.191 e. The zero-order valence-electron chi connectivity index (χ0n) is 18.4. The van der Waals surface area contributed by atoms with E-state index in [9.17, 15) is 5.11 Å². The monoisotopic (exact) mass is 527 g/mol. The van der Waals surface area contributed by atoms with E-state index in [1.54, 1.807) is 7.11 Å². The fraction of sp³-hybridized carbons (Fsp3) is 0.435. The quantitative estimate of drug-likeness (QED) is 0.259. The number of aryl methyl sites for hydroxylation is 1. The Labute approximate surface area is 197 Å². The van der Waals surface area contributed by atoms with Crippen molar-refractivity contribution in [3.05, 3.63) is 59.2 Å². The van der Waals surface area contributed by atoms with Crippen molar-refractivity contribution in [2.75, 3.05) is 20.2 Å². The van der Waals surface area contributed by atoms with Gasteiger partial charge in [0, 0.05) is 13.1 Å². The maximum atomic E-state index is 10.6. The van der Waals surface area contributed by atoms with E-state index < -0.39 is 6.10 Å². The Morgan fingerprint density at radius 1 is 1.10 bits per heavy atom. The van der Waals surface area contributed by atoms with Crippen molar-refractivity contribution in [3.63, 3.8) is 0 Å². The number of guanidine groups is 1. The van der Waals surface area contributed by atoms with E-state index in [1.165, 1.54) is 0 Å². The number of benzene rings is 2. The summed E-state index contributed by atoms with van der Waals surface area (Å²) in [6.45, 7) is 9.59. The van der Waals surface area contributed by atoms with Gasteiger partial charge in [-0.3, -0.25) is 0 Å². The Balaban J connectivity index is 0.00000450. The molecular weight excluding hydrogens is 493 g/mol.